The monoisotopic (exact) mass is 302 g/mol. The number of hydrogen-bond acceptors (Lipinski definition) is 3. The Kier molecular flexibility index (Phi) is 4.05. The third-order valence-electron chi connectivity index (χ3n) is 5.06. The second-order valence-corrected chi connectivity index (χ2v) is 6.08. The van der Waals surface area contributed by atoms with E-state index < -0.39 is 6.09 Å². The van der Waals surface area contributed by atoms with Crippen LogP contribution in [-0.4, -0.2) is 37.1 Å². The summed E-state index contributed by atoms with van der Waals surface area (Å²) in [5.41, 5.74) is 1.05. The number of alkyl carbamates (subject to hydrolysis) is 1. The lowest BCUT2D eigenvalue weighted by Gasteiger charge is -2.61. The Bertz CT molecular complexity index is 560. The molecule has 0 aromatic heterocycles. The maximum Gasteiger partial charge on any atom is 0.407 e. The van der Waals surface area contributed by atoms with Crippen LogP contribution in [0.25, 0.3) is 0 Å². The molecule has 3 rings (SSSR count). The number of ether oxygens (including phenoxy) is 1. The number of carbonyl (C=O) groups is 2. The first kappa shape index (κ1) is 14.9. The SMILES string of the molecule is COC(=O)NCC(=O)N1C[C@H]2CCCC[C@]21c1ccccc1. The predicted molar refractivity (Wildman–Crippen MR) is 82.2 cm³/mol. The largest absolute Gasteiger partial charge is 0.453 e. The molecule has 1 aliphatic carbocycles. The second-order valence-electron chi connectivity index (χ2n) is 6.08. The van der Waals surface area contributed by atoms with Crippen LogP contribution >= 0.6 is 0 Å². The van der Waals surface area contributed by atoms with Crippen LogP contribution in [0.3, 0.4) is 0 Å². The minimum absolute atomic E-state index is 0.00598. The highest BCUT2D eigenvalue weighted by Gasteiger charge is 2.56. The van der Waals surface area contributed by atoms with Crippen molar-refractivity contribution < 1.29 is 14.3 Å². The van der Waals surface area contributed by atoms with E-state index in [1.54, 1.807) is 0 Å². The van der Waals surface area contributed by atoms with Crippen molar-refractivity contribution in [3.8, 4) is 0 Å². The van der Waals surface area contributed by atoms with Crippen molar-refractivity contribution in [2.75, 3.05) is 20.2 Å². The Morgan fingerprint density at radius 2 is 2.09 bits per heavy atom. The van der Waals surface area contributed by atoms with Crippen molar-refractivity contribution >= 4 is 12.0 Å². The summed E-state index contributed by atoms with van der Waals surface area (Å²) in [6.07, 6.45) is 3.98. The molecule has 1 N–H and O–H groups in total. The van der Waals surface area contributed by atoms with Crippen molar-refractivity contribution in [1.82, 2.24) is 10.2 Å². The zero-order chi connectivity index (χ0) is 15.6. The molecule has 1 aromatic carbocycles. The summed E-state index contributed by atoms with van der Waals surface area (Å²) in [5.74, 6) is 0.498. The number of fused-ring (bicyclic) bond motifs is 1. The molecular formula is C17H22N2O3. The van der Waals surface area contributed by atoms with E-state index in [-0.39, 0.29) is 18.0 Å². The number of hydrogen-bond donors (Lipinski definition) is 1. The molecule has 0 radical (unpaired) electrons. The molecule has 1 heterocycles. The summed E-state index contributed by atoms with van der Waals surface area (Å²) in [5, 5.41) is 2.49. The lowest BCUT2D eigenvalue weighted by molar-refractivity contribution is -0.165. The van der Waals surface area contributed by atoms with E-state index in [0.717, 1.165) is 19.4 Å². The van der Waals surface area contributed by atoms with E-state index in [1.165, 1.54) is 25.5 Å². The van der Waals surface area contributed by atoms with Crippen LogP contribution in [0.1, 0.15) is 31.2 Å². The Balaban J connectivity index is 1.80. The van der Waals surface area contributed by atoms with E-state index in [1.807, 2.05) is 23.1 Å². The number of nitrogens with zero attached hydrogens (tertiary/aromatic N) is 1. The second kappa shape index (κ2) is 5.99. The third-order valence-corrected chi connectivity index (χ3v) is 5.06. The zero-order valence-electron chi connectivity index (χ0n) is 12.9. The van der Waals surface area contributed by atoms with Gasteiger partial charge in [0.15, 0.2) is 0 Å². The first-order valence-electron chi connectivity index (χ1n) is 7.86. The van der Waals surface area contributed by atoms with Crippen LogP contribution in [-0.2, 0) is 15.1 Å². The van der Waals surface area contributed by atoms with Gasteiger partial charge in [-0.05, 0) is 18.4 Å². The van der Waals surface area contributed by atoms with Crippen LogP contribution in [0.2, 0.25) is 0 Å². The van der Waals surface area contributed by atoms with E-state index in [4.69, 9.17) is 0 Å². The Labute approximate surface area is 130 Å². The normalized spacial score (nSPS) is 26.6. The van der Waals surface area contributed by atoms with Gasteiger partial charge in [0.2, 0.25) is 5.91 Å². The standard InChI is InChI=1S/C17H22N2O3/c1-22-16(21)18-11-15(20)19-12-14-9-5-6-10-17(14,19)13-7-3-2-4-8-13/h2-4,7-8,14H,5-6,9-12H2,1H3,(H,18,21)/t14-,17+/m1/s1. The Morgan fingerprint density at radius 3 is 2.77 bits per heavy atom. The number of nitrogens with one attached hydrogen (secondary N) is 1. The number of methoxy groups -OCH3 is 1. The predicted octanol–water partition coefficient (Wildman–Crippen LogP) is 2.27. The van der Waals surface area contributed by atoms with Crippen LogP contribution < -0.4 is 5.32 Å². The van der Waals surface area contributed by atoms with Crippen molar-refractivity contribution in [3.63, 3.8) is 0 Å². The van der Waals surface area contributed by atoms with E-state index in [0.29, 0.717) is 5.92 Å². The van der Waals surface area contributed by atoms with Gasteiger partial charge >= 0.3 is 6.09 Å². The van der Waals surface area contributed by atoms with Gasteiger partial charge in [0.25, 0.3) is 0 Å². The molecular weight excluding hydrogens is 280 g/mol. The molecule has 5 heteroatoms. The molecule has 2 aliphatic rings. The number of amides is 2. The van der Waals surface area contributed by atoms with E-state index >= 15 is 0 Å². The van der Waals surface area contributed by atoms with Gasteiger partial charge in [0.1, 0.15) is 6.54 Å². The minimum Gasteiger partial charge on any atom is -0.453 e. The topological polar surface area (TPSA) is 58.6 Å². The molecule has 0 bridgehead atoms. The first-order valence-corrected chi connectivity index (χ1v) is 7.86. The summed E-state index contributed by atoms with van der Waals surface area (Å²) >= 11 is 0. The van der Waals surface area contributed by atoms with Gasteiger partial charge < -0.3 is 15.0 Å². The van der Waals surface area contributed by atoms with Gasteiger partial charge in [-0.15, -0.1) is 0 Å². The van der Waals surface area contributed by atoms with Crippen LogP contribution in [0.5, 0.6) is 0 Å². The molecule has 2 fully saturated rings. The number of carbonyl (C=O) groups excluding carboxylic acids is 2. The van der Waals surface area contributed by atoms with Gasteiger partial charge in [-0.2, -0.15) is 0 Å². The van der Waals surface area contributed by atoms with Crippen LogP contribution in [0, 0.1) is 5.92 Å². The molecule has 22 heavy (non-hydrogen) atoms. The molecule has 2 atom stereocenters. The fraction of sp³-hybridized carbons (Fsp3) is 0.529. The number of benzene rings is 1. The molecule has 1 aliphatic heterocycles. The minimum atomic E-state index is -0.567. The van der Waals surface area contributed by atoms with Crippen molar-refractivity contribution in [2.24, 2.45) is 5.92 Å². The fourth-order valence-electron chi connectivity index (χ4n) is 4.00. The Morgan fingerprint density at radius 1 is 1.32 bits per heavy atom. The summed E-state index contributed by atoms with van der Waals surface area (Å²) < 4.78 is 4.53. The summed E-state index contributed by atoms with van der Waals surface area (Å²) in [6.45, 7) is 0.782. The quantitative estimate of drug-likeness (QED) is 0.932. The summed E-state index contributed by atoms with van der Waals surface area (Å²) in [6, 6.07) is 10.3. The lowest BCUT2D eigenvalue weighted by atomic mass is 9.61. The summed E-state index contributed by atoms with van der Waals surface area (Å²) in [7, 11) is 1.30. The molecule has 118 valence electrons. The average molecular weight is 302 g/mol. The van der Waals surface area contributed by atoms with E-state index in [9.17, 15) is 9.59 Å². The third kappa shape index (κ3) is 2.34. The first-order chi connectivity index (χ1) is 10.7. The lowest BCUT2D eigenvalue weighted by Crippen LogP contribution is -2.68. The van der Waals surface area contributed by atoms with Crippen molar-refractivity contribution in [1.29, 1.82) is 0 Å². The number of rotatable bonds is 3. The Hall–Kier alpha value is -2.04. The van der Waals surface area contributed by atoms with Crippen molar-refractivity contribution in [3.05, 3.63) is 35.9 Å². The van der Waals surface area contributed by atoms with Crippen molar-refractivity contribution in [2.45, 2.75) is 31.2 Å². The molecule has 1 aromatic rings. The highest BCUT2D eigenvalue weighted by atomic mass is 16.5. The molecule has 0 spiro atoms. The van der Waals surface area contributed by atoms with E-state index in [2.05, 4.69) is 22.2 Å². The van der Waals surface area contributed by atoms with Crippen LogP contribution in [0.4, 0.5) is 4.79 Å². The molecule has 5 nitrogen and oxygen atoms in total. The highest BCUT2D eigenvalue weighted by molar-refractivity contribution is 5.84. The van der Waals surface area contributed by atoms with Gasteiger partial charge in [-0.3, -0.25) is 4.79 Å². The van der Waals surface area contributed by atoms with Crippen LogP contribution in [0.15, 0.2) is 30.3 Å². The highest BCUT2D eigenvalue weighted by Crippen LogP contribution is 2.53. The fourth-order valence-corrected chi connectivity index (χ4v) is 4.00. The van der Waals surface area contributed by atoms with Gasteiger partial charge in [-0.25, -0.2) is 4.79 Å². The molecule has 1 saturated carbocycles. The molecule has 2 amide bonds. The van der Waals surface area contributed by atoms with Gasteiger partial charge in [0, 0.05) is 12.5 Å². The zero-order valence-corrected chi connectivity index (χ0v) is 12.9. The van der Waals surface area contributed by atoms with Gasteiger partial charge in [-0.1, -0.05) is 43.2 Å². The molecule has 1 saturated heterocycles. The maximum atomic E-state index is 12.5. The summed E-state index contributed by atoms with van der Waals surface area (Å²) in [4.78, 5) is 25.7. The maximum absolute atomic E-state index is 12.5. The smallest absolute Gasteiger partial charge is 0.407 e. The average Bonchev–Trinajstić information content (AvgIpc) is 2.54. The molecule has 0 unspecified atom stereocenters. The van der Waals surface area contributed by atoms with Gasteiger partial charge in [0.05, 0.1) is 12.6 Å². The number of likely N-dealkylation sites (tertiary alicyclic amines) is 1.